The fourth-order valence-corrected chi connectivity index (χ4v) is 4.06. The Hall–Kier alpha value is -1.78. The average molecular weight is 328 g/mol. The smallest absolute Gasteiger partial charge is 0.324 e. The molecule has 0 spiro atoms. The third-order valence-corrected chi connectivity index (χ3v) is 5.46. The van der Waals surface area contributed by atoms with Gasteiger partial charge in [-0.05, 0) is 38.1 Å². The molecule has 0 amide bonds. The predicted molar refractivity (Wildman–Crippen MR) is 94.0 cm³/mol. The van der Waals surface area contributed by atoms with Crippen LogP contribution in [0.15, 0.2) is 59.5 Å². The lowest BCUT2D eigenvalue weighted by Gasteiger charge is -2.11. The Bertz CT molecular complexity index is 793. The highest BCUT2D eigenvalue weighted by Crippen LogP contribution is 2.37. The topological polar surface area (TPSA) is 26.3 Å². The van der Waals surface area contributed by atoms with Gasteiger partial charge in [0.15, 0.2) is 5.75 Å². The van der Waals surface area contributed by atoms with Crippen molar-refractivity contribution in [2.75, 3.05) is 0 Å². The first-order valence-electron chi connectivity index (χ1n) is 7.06. The maximum Gasteiger partial charge on any atom is 0.324 e. The molecule has 3 aromatic rings. The van der Waals surface area contributed by atoms with Crippen molar-refractivity contribution in [2.24, 2.45) is 0 Å². The summed E-state index contributed by atoms with van der Waals surface area (Å²) < 4.78 is 6.83. The first-order valence-corrected chi connectivity index (χ1v) is 8.76. The molecule has 0 aliphatic heterocycles. The van der Waals surface area contributed by atoms with E-state index in [2.05, 4.69) is 0 Å². The molecule has 0 aliphatic rings. The van der Waals surface area contributed by atoms with E-state index in [1.807, 2.05) is 68.4 Å². The molecule has 0 radical (unpaired) electrons. The van der Waals surface area contributed by atoms with E-state index in [1.54, 1.807) is 11.3 Å². The number of rotatable bonds is 4. The summed E-state index contributed by atoms with van der Waals surface area (Å²) in [5, 5.41) is 0.760. The van der Waals surface area contributed by atoms with Crippen molar-refractivity contribution in [3.63, 3.8) is 0 Å². The second kappa shape index (κ2) is 6.55. The number of aryl methyl sites for hydroxylation is 1. The molecule has 1 unspecified atom stereocenters. The van der Waals surface area contributed by atoms with Gasteiger partial charge in [0.2, 0.25) is 0 Å². The fourth-order valence-electron chi connectivity index (χ4n) is 2.21. The molecule has 4 heteroatoms. The molecule has 3 rings (SSSR count). The van der Waals surface area contributed by atoms with Crippen molar-refractivity contribution >= 4 is 39.2 Å². The quantitative estimate of drug-likeness (QED) is 0.480. The number of esters is 1. The summed E-state index contributed by atoms with van der Waals surface area (Å²) in [6.07, 6.45) is 0. The Kier molecular flexibility index (Phi) is 4.50. The maximum atomic E-state index is 12.4. The molecule has 0 saturated carbocycles. The van der Waals surface area contributed by atoms with E-state index in [4.69, 9.17) is 4.74 Å². The van der Waals surface area contributed by atoms with Gasteiger partial charge in [0.1, 0.15) is 5.25 Å². The molecule has 22 heavy (non-hydrogen) atoms. The van der Waals surface area contributed by atoms with Crippen molar-refractivity contribution in [2.45, 2.75) is 24.0 Å². The van der Waals surface area contributed by atoms with Crippen molar-refractivity contribution in [3.8, 4) is 5.75 Å². The second-order valence-electron chi connectivity index (χ2n) is 4.98. The molecule has 2 nitrogen and oxygen atoms in total. The summed E-state index contributed by atoms with van der Waals surface area (Å²) in [5.74, 6) is 0.492. The molecule has 0 bridgehead atoms. The van der Waals surface area contributed by atoms with E-state index in [0.29, 0.717) is 5.75 Å². The Morgan fingerprint density at radius 2 is 1.77 bits per heavy atom. The number of thioether (sulfide) groups is 1. The van der Waals surface area contributed by atoms with Gasteiger partial charge in [0, 0.05) is 19.9 Å². The van der Waals surface area contributed by atoms with E-state index < -0.39 is 0 Å². The van der Waals surface area contributed by atoms with Gasteiger partial charge in [-0.2, -0.15) is 0 Å². The molecule has 1 atom stereocenters. The molecule has 0 aliphatic carbocycles. The van der Waals surface area contributed by atoms with Crippen LogP contribution in [0.5, 0.6) is 5.75 Å². The van der Waals surface area contributed by atoms with Gasteiger partial charge in [0.25, 0.3) is 0 Å². The number of hydrogen-bond acceptors (Lipinski definition) is 4. The molecule has 0 fully saturated rings. The van der Waals surface area contributed by atoms with Gasteiger partial charge in [-0.1, -0.05) is 30.3 Å². The van der Waals surface area contributed by atoms with Gasteiger partial charge < -0.3 is 4.74 Å². The van der Waals surface area contributed by atoms with E-state index >= 15 is 0 Å². The molecule has 1 heterocycles. The number of fused-ring (bicyclic) bond motifs is 1. The highest BCUT2D eigenvalue weighted by molar-refractivity contribution is 8.00. The van der Waals surface area contributed by atoms with Gasteiger partial charge in [0.05, 0.1) is 0 Å². The summed E-state index contributed by atoms with van der Waals surface area (Å²) in [6.45, 7) is 3.87. The van der Waals surface area contributed by atoms with Crippen molar-refractivity contribution in [1.82, 2.24) is 0 Å². The van der Waals surface area contributed by atoms with Crippen LogP contribution in [0.25, 0.3) is 10.1 Å². The van der Waals surface area contributed by atoms with Crippen LogP contribution in [0.4, 0.5) is 0 Å². The number of benzene rings is 2. The van der Waals surface area contributed by atoms with Gasteiger partial charge in [-0.3, -0.25) is 4.79 Å². The fraction of sp³-hybridized carbons (Fsp3) is 0.167. The summed E-state index contributed by atoms with van der Waals surface area (Å²) >= 11 is 3.17. The highest BCUT2D eigenvalue weighted by atomic mass is 32.2. The molecule has 112 valence electrons. The zero-order valence-electron chi connectivity index (χ0n) is 12.4. The second-order valence-corrected chi connectivity index (χ2v) is 7.65. The third-order valence-electron chi connectivity index (χ3n) is 3.31. The van der Waals surface area contributed by atoms with Crippen LogP contribution in [0, 0.1) is 6.92 Å². The van der Waals surface area contributed by atoms with Gasteiger partial charge >= 0.3 is 5.97 Å². The molecule has 0 saturated heterocycles. The monoisotopic (exact) mass is 328 g/mol. The normalized spacial score (nSPS) is 12.3. The Morgan fingerprint density at radius 1 is 1.09 bits per heavy atom. The zero-order valence-corrected chi connectivity index (χ0v) is 14.0. The van der Waals surface area contributed by atoms with Crippen molar-refractivity contribution in [1.29, 1.82) is 0 Å². The Labute approximate surface area is 138 Å². The first kappa shape index (κ1) is 15.1. The number of ether oxygens (including phenoxy) is 1. The maximum absolute atomic E-state index is 12.4. The lowest BCUT2D eigenvalue weighted by molar-refractivity contribution is -0.133. The van der Waals surface area contributed by atoms with Crippen LogP contribution in [0.3, 0.4) is 0 Å². The van der Waals surface area contributed by atoms with E-state index in [9.17, 15) is 4.79 Å². The summed E-state index contributed by atoms with van der Waals surface area (Å²) in [4.78, 5) is 14.5. The number of carbonyl (C=O) groups is 1. The molecular formula is C18H16O2S2. The van der Waals surface area contributed by atoms with Gasteiger partial charge in [-0.25, -0.2) is 0 Å². The van der Waals surface area contributed by atoms with Gasteiger partial charge in [-0.15, -0.1) is 23.1 Å². The largest absolute Gasteiger partial charge is 0.424 e. The minimum atomic E-state index is -0.250. The van der Waals surface area contributed by atoms with Crippen LogP contribution >= 0.6 is 23.1 Å². The Balaban J connectivity index is 1.77. The molecule has 0 N–H and O–H groups in total. The average Bonchev–Trinajstić information content (AvgIpc) is 2.84. The minimum Gasteiger partial charge on any atom is -0.424 e. The molecule has 2 aromatic carbocycles. The van der Waals surface area contributed by atoms with Crippen LogP contribution in [0.2, 0.25) is 0 Å². The SMILES string of the molecule is Cc1sc2ccccc2c1OC(=O)C(C)Sc1ccccc1. The van der Waals surface area contributed by atoms with Crippen molar-refractivity contribution < 1.29 is 9.53 Å². The zero-order chi connectivity index (χ0) is 15.5. The Morgan fingerprint density at radius 3 is 2.55 bits per heavy atom. The van der Waals surface area contributed by atoms with Crippen molar-refractivity contribution in [3.05, 3.63) is 59.5 Å². The highest BCUT2D eigenvalue weighted by Gasteiger charge is 2.20. The van der Waals surface area contributed by atoms with E-state index in [1.165, 1.54) is 11.8 Å². The van der Waals surface area contributed by atoms with Crippen LogP contribution in [-0.2, 0) is 4.79 Å². The lowest BCUT2D eigenvalue weighted by Crippen LogP contribution is -2.20. The summed E-state index contributed by atoms with van der Waals surface area (Å²) in [6, 6.07) is 17.9. The van der Waals surface area contributed by atoms with Crippen LogP contribution < -0.4 is 4.74 Å². The molecular weight excluding hydrogens is 312 g/mol. The third kappa shape index (κ3) is 3.18. The molecule has 1 aromatic heterocycles. The summed E-state index contributed by atoms with van der Waals surface area (Å²) in [7, 11) is 0. The van der Waals surface area contributed by atoms with E-state index in [0.717, 1.165) is 19.9 Å². The number of thiophene rings is 1. The number of hydrogen-bond donors (Lipinski definition) is 0. The lowest BCUT2D eigenvalue weighted by atomic mass is 10.2. The van der Waals surface area contributed by atoms with Crippen LogP contribution in [0.1, 0.15) is 11.8 Å². The first-order chi connectivity index (χ1) is 10.6. The summed E-state index contributed by atoms with van der Waals surface area (Å²) in [5.41, 5.74) is 0. The van der Waals surface area contributed by atoms with Crippen LogP contribution in [-0.4, -0.2) is 11.2 Å². The standard InChI is InChI=1S/C18H16O2S2/c1-12-17(15-10-6-7-11-16(15)22-12)20-18(19)13(2)21-14-8-4-3-5-9-14/h3-11,13H,1-2H3. The number of carbonyl (C=O) groups excluding carboxylic acids is 1. The predicted octanol–water partition coefficient (Wildman–Crippen LogP) is 5.30. The van der Waals surface area contributed by atoms with E-state index in [-0.39, 0.29) is 11.2 Å². The minimum absolute atomic E-state index is 0.208.